The van der Waals surface area contributed by atoms with E-state index in [0.717, 1.165) is 13.0 Å². The van der Waals surface area contributed by atoms with E-state index < -0.39 is 0 Å². The van der Waals surface area contributed by atoms with Crippen molar-refractivity contribution < 1.29 is 0 Å². The van der Waals surface area contributed by atoms with Gasteiger partial charge in [0, 0.05) is 14.2 Å². The number of rotatable bonds is 5. The molecule has 1 aromatic carbocycles. The van der Waals surface area contributed by atoms with Gasteiger partial charge in [0.05, 0.1) is 6.04 Å². The number of aryl methyl sites for hydroxylation is 2. The van der Waals surface area contributed by atoms with E-state index in [1.54, 1.807) is 0 Å². The molecule has 1 aromatic heterocycles. The molecule has 19 heavy (non-hydrogen) atoms. The average Bonchev–Trinajstić information content (AvgIpc) is 2.88. The first-order chi connectivity index (χ1) is 9.15. The van der Waals surface area contributed by atoms with Crippen LogP contribution in [0.1, 0.15) is 40.8 Å². The van der Waals surface area contributed by atoms with Crippen LogP contribution in [0, 0.1) is 6.92 Å². The average molecular weight is 338 g/mol. The van der Waals surface area contributed by atoms with Crippen LogP contribution >= 0.6 is 27.3 Å². The van der Waals surface area contributed by atoms with Crippen molar-refractivity contribution in [2.45, 2.75) is 33.2 Å². The van der Waals surface area contributed by atoms with Gasteiger partial charge in [-0.1, -0.05) is 41.9 Å². The van der Waals surface area contributed by atoms with E-state index in [-0.39, 0.29) is 0 Å². The molecule has 0 saturated heterocycles. The fraction of sp³-hybridized carbons (Fsp3) is 0.375. The summed E-state index contributed by atoms with van der Waals surface area (Å²) < 4.78 is 1.17. The highest BCUT2D eigenvalue weighted by Gasteiger charge is 2.15. The van der Waals surface area contributed by atoms with Crippen LogP contribution in [0.3, 0.4) is 0 Å². The molecule has 0 fully saturated rings. The molecule has 0 aliphatic carbocycles. The summed E-state index contributed by atoms with van der Waals surface area (Å²) in [6.07, 6.45) is 1.11. The molecule has 0 radical (unpaired) electrons. The van der Waals surface area contributed by atoms with Crippen LogP contribution in [0.2, 0.25) is 0 Å². The third-order valence-electron chi connectivity index (χ3n) is 3.24. The van der Waals surface area contributed by atoms with Gasteiger partial charge in [0.2, 0.25) is 0 Å². The van der Waals surface area contributed by atoms with E-state index >= 15 is 0 Å². The van der Waals surface area contributed by atoms with Crippen LogP contribution in [0.5, 0.6) is 0 Å². The van der Waals surface area contributed by atoms with Crippen LogP contribution in [0.25, 0.3) is 0 Å². The second-order valence-electron chi connectivity index (χ2n) is 4.66. The van der Waals surface area contributed by atoms with Gasteiger partial charge >= 0.3 is 0 Å². The summed E-state index contributed by atoms with van der Waals surface area (Å²) >= 11 is 5.48. The van der Waals surface area contributed by atoms with E-state index in [0.29, 0.717) is 6.04 Å². The summed E-state index contributed by atoms with van der Waals surface area (Å²) in [5.41, 5.74) is 2.62. The zero-order valence-corrected chi connectivity index (χ0v) is 14.1. The Morgan fingerprint density at radius 1 is 1.21 bits per heavy atom. The fourth-order valence-corrected chi connectivity index (χ4v) is 3.48. The molecule has 1 unspecified atom stereocenters. The molecule has 0 aliphatic heterocycles. The minimum absolute atomic E-state index is 0.307. The quantitative estimate of drug-likeness (QED) is 0.802. The molecule has 0 saturated carbocycles. The van der Waals surface area contributed by atoms with Crippen molar-refractivity contribution in [3.05, 3.63) is 55.7 Å². The van der Waals surface area contributed by atoms with Gasteiger partial charge in [-0.25, -0.2) is 0 Å². The van der Waals surface area contributed by atoms with E-state index in [9.17, 15) is 0 Å². The predicted octanol–water partition coefficient (Wildman–Crippen LogP) is 5.08. The van der Waals surface area contributed by atoms with Crippen LogP contribution < -0.4 is 5.32 Å². The lowest BCUT2D eigenvalue weighted by atomic mass is 10.0. The number of hydrogen-bond donors (Lipinski definition) is 1. The van der Waals surface area contributed by atoms with Crippen LogP contribution in [0.15, 0.2) is 34.8 Å². The second kappa shape index (κ2) is 6.69. The highest BCUT2D eigenvalue weighted by atomic mass is 79.9. The Morgan fingerprint density at radius 2 is 2.00 bits per heavy atom. The highest BCUT2D eigenvalue weighted by molar-refractivity contribution is 9.10. The maximum absolute atomic E-state index is 3.59. The molecule has 3 heteroatoms. The molecule has 102 valence electrons. The lowest BCUT2D eigenvalue weighted by Crippen LogP contribution is -2.21. The number of benzene rings is 1. The van der Waals surface area contributed by atoms with Crippen LogP contribution in [0.4, 0.5) is 0 Å². The largest absolute Gasteiger partial charge is 0.306 e. The predicted molar refractivity (Wildman–Crippen MR) is 88.1 cm³/mol. The minimum atomic E-state index is 0.307. The van der Waals surface area contributed by atoms with Gasteiger partial charge in [-0.15, -0.1) is 11.3 Å². The van der Waals surface area contributed by atoms with E-state index in [4.69, 9.17) is 0 Å². The summed E-state index contributed by atoms with van der Waals surface area (Å²) in [6.45, 7) is 7.48. The molecular weight excluding hydrogens is 318 g/mol. The van der Waals surface area contributed by atoms with Gasteiger partial charge in [-0.05, 0) is 49.2 Å². The first-order valence-electron chi connectivity index (χ1n) is 6.73. The highest BCUT2D eigenvalue weighted by Crippen LogP contribution is 2.30. The summed E-state index contributed by atoms with van der Waals surface area (Å²) in [5, 5.41) is 3.59. The fourth-order valence-electron chi connectivity index (χ4n) is 2.17. The zero-order valence-electron chi connectivity index (χ0n) is 11.7. The summed E-state index contributed by atoms with van der Waals surface area (Å²) in [6, 6.07) is 11.4. The van der Waals surface area contributed by atoms with Crippen molar-refractivity contribution in [2.24, 2.45) is 0 Å². The van der Waals surface area contributed by atoms with Crippen LogP contribution in [-0.4, -0.2) is 6.54 Å². The van der Waals surface area contributed by atoms with E-state index in [1.807, 2.05) is 11.3 Å². The van der Waals surface area contributed by atoms with E-state index in [2.05, 4.69) is 72.3 Å². The molecule has 1 N–H and O–H groups in total. The van der Waals surface area contributed by atoms with Crippen molar-refractivity contribution in [3.8, 4) is 0 Å². The first-order valence-corrected chi connectivity index (χ1v) is 8.34. The number of nitrogens with one attached hydrogen (secondary N) is 1. The zero-order chi connectivity index (χ0) is 13.8. The third-order valence-corrected chi connectivity index (χ3v) is 5.42. The number of hydrogen-bond acceptors (Lipinski definition) is 2. The standard InChI is InChI=1S/C16H20BrNS/c1-4-13-7-9-15(19-13)16(18-5-2)12-6-8-14(17)11(3)10-12/h6-10,16,18H,4-5H2,1-3H3. The summed E-state index contributed by atoms with van der Waals surface area (Å²) in [5.74, 6) is 0. The van der Waals surface area contributed by atoms with Gasteiger partial charge in [-0.3, -0.25) is 0 Å². The van der Waals surface area contributed by atoms with Crippen molar-refractivity contribution in [2.75, 3.05) is 6.54 Å². The maximum atomic E-state index is 3.59. The lowest BCUT2D eigenvalue weighted by Gasteiger charge is -2.18. The summed E-state index contributed by atoms with van der Waals surface area (Å²) in [7, 11) is 0. The van der Waals surface area contributed by atoms with Gasteiger partial charge in [0.1, 0.15) is 0 Å². The smallest absolute Gasteiger partial charge is 0.0671 e. The van der Waals surface area contributed by atoms with Crippen molar-refractivity contribution in [1.82, 2.24) is 5.32 Å². The van der Waals surface area contributed by atoms with E-state index in [1.165, 1.54) is 25.4 Å². The van der Waals surface area contributed by atoms with Gasteiger partial charge in [-0.2, -0.15) is 0 Å². The molecule has 1 atom stereocenters. The summed E-state index contributed by atoms with van der Waals surface area (Å²) in [4.78, 5) is 2.85. The van der Waals surface area contributed by atoms with Gasteiger partial charge < -0.3 is 5.32 Å². The molecule has 0 aliphatic rings. The molecule has 1 heterocycles. The van der Waals surface area contributed by atoms with Crippen molar-refractivity contribution >= 4 is 27.3 Å². The van der Waals surface area contributed by atoms with Gasteiger partial charge in [0.15, 0.2) is 0 Å². The third kappa shape index (κ3) is 3.47. The minimum Gasteiger partial charge on any atom is -0.306 e. The van der Waals surface area contributed by atoms with Gasteiger partial charge in [0.25, 0.3) is 0 Å². The molecule has 2 aromatic rings. The monoisotopic (exact) mass is 337 g/mol. The molecular formula is C16H20BrNS. The SMILES string of the molecule is CCNC(c1ccc(Br)c(C)c1)c1ccc(CC)s1. The Balaban J connectivity index is 2.35. The lowest BCUT2D eigenvalue weighted by molar-refractivity contribution is 0.639. The Kier molecular flexibility index (Phi) is 5.20. The number of thiophene rings is 1. The maximum Gasteiger partial charge on any atom is 0.0671 e. The molecule has 0 spiro atoms. The Hall–Kier alpha value is -0.640. The molecule has 1 nitrogen and oxygen atoms in total. The normalized spacial score (nSPS) is 12.6. The van der Waals surface area contributed by atoms with Crippen molar-refractivity contribution in [3.63, 3.8) is 0 Å². The Labute approximate surface area is 128 Å². The molecule has 2 rings (SSSR count). The topological polar surface area (TPSA) is 12.0 Å². The number of halogens is 1. The second-order valence-corrected chi connectivity index (χ2v) is 6.71. The molecule has 0 amide bonds. The Bertz CT molecular complexity index is 547. The molecule has 0 bridgehead atoms. The van der Waals surface area contributed by atoms with Crippen molar-refractivity contribution in [1.29, 1.82) is 0 Å². The first kappa shape index (κ1) is 14.8. The van der Waals surface area contributed by atoms with Crippen LogP contribution in [-0.2, 0) is 6.42 Å². The Morgan fingerprint density at radius 3 is 2.58 bits per heavy atom.